The molecule has 2 aliphatic rings. The van der Waals surface area contributed by atoms with Gasteiger partial charge in [0, 0.05) is 13.1 Å². The molecule has 0 saturated carbocycles. The number of piperidine rings is 1. The first-order chi connectivity index (χ1) is 6.74. The molecule has 2 heterocycles. The van der Waals surface area contributed by atoms with Crippen molar-refractivity contribution in [2.75, 3.05) is 31.9 Å². The second kappa shape index (κ2) is 4.42. The molecule has 82 valence electrons. The van der Waals surface area contributed by atoms with Crippen molar-refractivity contribution < 1.29 is 0 Å². The Balaban J connectivity index is 1.86. The van der Waals surface area contributed by atoms with E-state index in [-0.39, 0.29) is 0 Å². The maximum atomic E-state index is 3.77. The summed E-state index contributed by atoms with van der Waals surface area (Å²) in [4.78, 5) is 3.00. The molecule has 1 N–H and O–H groups in total. The van der Waals surface area contributed by atoms with Gasteiger partial charge in [0.25, 0.3) is 0 Å². The highest BCUT2D eigenvalue weighted by atomic mass is 32.2. The number of likely N-dealkylation sites (tertiary alicyclic amines) is 1. The number of thioether (sulfide) groups is 1. The van der Waals surface area contributed by atoms with E-state index in [1.807, 2.05) is 0 Å². The van der Waals surface area contributed by atoms with Crippen molar-refractivity contribution in [3.8, 4) is 0 Å². The molecule has 1 atom stereocenters. The molecule has 0 aromatic rings. The molecule has 1 spiro atoms. The van der Waals surface area contributed by atoms with Crippen LogP contribution in [-0.2, 0) is 0 Å². The smallest absolute Gasteiger partial charge is 0.0669 e. The number of nitrogens with one attached hydrogen (secondary N) is 1. The first-order valence-corrected chi connectivity index (χ1v) is 6.84. The van der Waals surface area contributed by atoms with Gasteiger partial charge in [-0.05, 0) is 37.6 Å². The van der Waals surface area contributed by atoms with Crippen LogP contribution in [0.4, 0.5) is 0 Å². The van der Waals surface area contributed by atoms with E-state index in [4.69, 9.17) is 0 Å². The van der Waals surface area contributed by atoms with E-state index >= 15 is 0 Å². The van der Waals surface area contributed by atoms with E-state index in [9.17, 15) is 0 Å². The van der Waals surface area contributed by atoms with Crippen molar-refractivity contribution in [1.82, 2.24) is 10.2 Å². The molecule has 0 amide bonds. The second-order valence-corrected chi connectivity index (χ2v) is 6.13. The van der Waals surface area contributed by atoms with E-state index in [1.54, 1.807) is 0 Å². The fourth-order valence-electron chi connectivity index (χ4n) is 2.32. The maximum absolute atomic E-state index is 3.77. The van der Waals surface area contributed by atoms with Gasteiger partial charge in [0.15, 0.2) is 0 Å². The Morgan fingerprint density at radius 3 is 2.64 bits per heavy atom. The largest absolute Gasteiger partial charge is 0.303 e. The topological polar surface area (TPSA) is 15.3 Å². The Kier molecular flexibility index (Phi) is 3.40. The molecule has 0 aromatic carbocycles. The standard InChI is InChI=1S/C11H22N2S/c1-3-13-6-4-11(5-7-13)12-8-10(2)9-14-11/h10,12H,3-9H2,1-2H3. The van der Waals surface area contributed by atoms with E-state index in [0.29, 0.717) is 4.87 Å². The highest BCUT2D eigenvalue weighted by molar-refractivity contribution is 8.00. The van der Waals surface area contributed by atoms with Gasteiger partial charge in [-0.3, -0.25) is 0 Å². The quantitative estimate of drug-likeness (QED) is 0.716. The minimum absolute atomic E-state index is 0.443. The van der Waals surface area contributed by atoms with Gasteiger partial charge >= 0.3 is 0 Å². The Bertz CT molecular complexity index is 178. The van der Waals surface area contributed by atoms with Crippen LogP contribution in [0.5, 0.6) is 0 Å². The van der Waals surface area contributed by atoms with Crippen LogP contribution in [0.3, 0.4) is 0 Å². The van der Waals surface area contributed by atoms with Crippen molar-refractivity contribution in [2.24, 2.45) is 5.92 Å². The lowest BCUT2D eigenvalue weighted by Gasteiger charge is -2.45. The molecule has 2 nitrogen and oxygen atoms in total. The van der Waals surface area contributed by atoms with Crippen molar-refractivity contribution in [3.05, 3.63) is 0 Å². The van der Waals surface area contributed by atoms with Crippen molar-refractivity contribution in [3.63, 3.8) is 0 Å². The molecule has 0 aliphatic carbocycles. The van der Waals surface area contributed by atoms with Crippen LogP contribution >= 0.6 is 11.8 Å². The first-order valence-electron chi connectivity index (χ1n) is 5.85. The van der Waals surface area contributed by atoms with Gasteiger partial charge in [0.1, 0.15) is 0 Å². The Morgan fingerprint density at radius 2 is 2.14 bits per heavy atom. The Hall–Kier alpha value is 0.270. The lowest BCUT2D eigenvalue weighted by atomic mass is 10.0. The van der Waals surface area contributed by atoms with Gasteiger partial charge in [0.2, 0.25) is 0 Å². The summed E-state index contributed by atoms with van der Waals surface area (Å²) < 4.78 is 0. The molecular weight excluding hydrogens is 192 g/mol. The molecule has 0 radical (unpaired) electrons. The molecule has 2 aliphatic heterocycles. The molecule has 0 aromatic heterocycles. The normalized spacial score (nSPS) is 33.4. The molecule has 3 heteroatoms. The average molecular weight is 214 g/mol. The summed E-state index contributed by atoms with van der Waals surface area (Å²) in [6, 6.07) is 0. The second-order valence-electron chi connectivity index (χ2n) is 4.73. The average Bonchev–Trinajstić information content (AvgIpc) is 2.24. The summed E-state index contributed by atoms with van der Waals surface area (Å²) in [6.45, 7) is 9.61. The van der Waals surface area contributed by atoms with Crippen LogP contribution in [0.15, 0.2) is 0 Å². The zero-order valence-electron chi connectivity index (χ0n) is 9.38. The van der Waals surface area contributed by atoms with Gasteiger partial charge in [0.05, 0.1) is 4.87 Å². The van der Waals surface area contributed by atoms with Crippen LogP contribution in [-0.4, -0.2) is 41.7 Å². The summed E-state index contributed by atoms with van der Waals surface area (Å²) in [7, 11) is 0. The maximum Gasteiger partial charge on any atom is 0.0669 e. The van der Waals surface area contributed by atoms with Crippen molar-refractivity contribution >= 4 is 11.8 Å². The molecule has 0 bridgehead atoms. The monoisotopic (exact) mass is 214 g/mol. The summed E-state index contributed by atoms with van der Waals surface area (Å²) in [5, 5.41) is 3.77. The number of rotatable bonds is 1. The third-order valence-electron chi connectivity index (χ3n) is 3.53. The van der Waals surface area contributed by atoms with Gasteiger partial charge in [-0.2, -0.15) is 0 Å². The van der Waals surface area contributed by atoms with Gasteiger partial charge in [-0.1, -0.05) is 13.8 Å². The van der Waals surface area contributed by atoms with Crippen LogP contribution in [0, 0.1) is 5.92 Å². The van der Waals surface area contributed by atoms with Crippen LogP contribution in [0.2, 0.25) is 0 Å². The fraction of sp³-hybridized carbons (Fsp3) is 1.00. The number of hydrogen-bond donors (Lipinski definition) is 1. The zero-order chi connectivity index (χ0) is 10.0. The highest BCUT2D eigenvalue weighted by Crippen LogP contribution is 2.37. The van der Waals surface area contributed by atoms with Crippen LogP contribution in [0.25, 0.3) is 0 Å². The molecule has 2 rings (SSSR count). The number of nitrogens with zero attached hydrogens (tertiary/aromatic N) is 1. The lowest BCUT2D eigenvalue weighted by Crippen LogP contribution is -2.54. The van der Waals surface area contributed by atoms with Crippen LogP contribution < -0.4 is 5.32 Å². The molecule has 1 unspecified atom stereocenters. The summed E-state index contributed by atoms with van der Waals surface area (Å²) in [6.07, 6.45) is 2.66. The third-order valence-corrected chi connectivity index (χ3v) is 5.37. The predicted molar refractivity (Wildman–Crippen MR) is 63.7 cm³/mol. The molecule has 2 saturated heterocycles. The SMILES string of the molecule is CCN1CCC2(CC1)NCC(C)CS2. The minimum atomic E-state index is 0.443. The number of hydrogen-bond acceptors (Lipinski definition) is 3. The predicted octanol–water partition coefficient (Wildman–Crippen LogP) is 1.77. The summed E-state index contributed by atoms with van der Waals surface area (Å²) >= 11 is 2.17. The van der Waals surface area contributed by atoms with E-state index in [0.717, 1.165) is 5.92 Å². The Labute approximate surface area is 91.8 Å². The van der Waals surface area contributed by atoms with Crippen molar-refractivity contribution in [1.29, 1.82) is 0 Å². The van der Waals surface area contributed by atoms with Crippen molar-refractivity contribution in [2.45, 2.75) is 31.6 Å². The highest BCUT2D eigenvalue weighted by Gasteiger charge is 2.37. The molecule has 14 heavy (non-hydrogen) atoms. The minimum Gasteiger partial charge on any atom is -0.303 e. The zero-order valence-corrected chi connectivity index (χ0v) is 10.2. The first kappa shape index (κ1) is 10.8. The Morgan fingerprint density at radius 1 is 1.43 bits per heavy atom. The molecule has 2 fully saturated rings. The third kappa shape index (κ3) is 2.26. The van der Waals surface area contributed by atoms with Gasteiger partial charge < -0.3 is 10.2 Å². The van der Waals surface area contributed by atoms with Crippen LogP contribution in [0.1, 0.15) is 26.7 Å². The van der Waals surface area contributed by atoms with Gasteiger partial charge in [-0.15, -0.1) is 11.8 Å². The van der Waals surface area contributed by atoms with E-state index in [1.165, 1.54) is 44.8 Å². The fourth-order valence-corrected chi connectivity index (χ4v) is 3.70. The van der Waals surface area contributed by atoms with E-state index < -0.39 is 0 Å². The van der Waals surface area contributed by atoms with E-state index in [2.05, 4.69) is 35.8 Å². The summed E-state index contributed by atoms with van der Waals surface area (Å²) in [5.41, 5.74) is 0. The summed E-state index contributed by atoms with van der Waals surface area (Å²) in [5.74, 6) is 2.20. The molecular formula is C11H22N2S. The van der Waals surface area contributed by atoms with Gasteiger partial charge in [-0.25, -0.2) is 0 Å². The lowest BCUT2D eigenvalue weighted by molar-refractivity contribution is 0.185.